The Labute approximate surface area is 173 Å². The van der Waals surface area contributed by atoms with Crippen LogP contribution in [0, 0.1) is 5.92 Å². The van der Waals surface area contributed by atoms with E-state index in [9.17, 15) is 4.79 Å². The molecule has 5 heterocycles. The highest BCUT2D eigenvalue weighted by Crippen LogP contribution is 2.35. The molecule has 2 aromatic heterocycles. The highest BCUT2D eigenvalue weighted by Gasteiger charge is 2.35. The number of likely N-dealkylation sites (tertiary alicyclic amines) is 2. The van der Waals surface area contributed by atoms with Crippen LogP contribution < -0.4 is 5.56 Å². The predicted octanol–water partition coefficient (Wildman–Crippen LogP) is 2.67. The lowest BCUT2D eigenvalue weighted by Crippen LogP contribution is -2.47. The average Bonchev–Trinajstić information content (AvgIpc) is 3.18. The first-order chi connectivity index (χ1) is 14.2. The molecule has 2 fully saturated rings. The standard InChI is InChI=1S/C23H33N5O/c1-2-28-21(8-9-24-28)17-26-13-18-12-20(16-26)22-7-6-19(23(29)27(22)14-18)15-25-10-4-3-5-11-25/h6-9,18,20H,2-5,10-17H2,1H3/t18-,20+/m0/s1. The summed E-state index contributed by atoms with van der Waals surface area (Å²) in [6, 6.07) is 6.51. The fourth-order valence-corrected chi connectivity index (χ4v) is 5.71. The molecule has 3 aliphatic rings. The van der Waals surface area contributed by atoms with E-state index in [0.717, 1.165) is 57.9 Å². The van der Waals surface area contributed by atoms with Crippen molar-refractivity contribution < 1.29 is 0 Å². The third-order valence-corrected chi connectivity index (χ3v) is 7.09. The molecule has 2 saturated heterocycles. The number of hydrogen-bond donors (Lipinski definition) is 0. The minimum Gasteiger partial charge on any atom is -0.312 e. The van der Waals surface area contributed by atoms with Gasteiger partial charge in [-0.05, 0) is 57.3 Å². The second-order valence-electron chi connectivity index (χ2n) is 9.17. The van der Waals surface area contributed by atoms with Crippen LogP contribution in [0.15, 0.2) is 29.2 Å². The van der Waals surface area contributed by atoms with Gasteiger partial charge in [0.15, 0.2) is 0 Å². The summed E-state index contributed by atoms with van der Waals surface area (Å²) < 4.78 is 4.21. The number of aromatic nitrogens is 3. The monoisotopic (exact) mass is 395 g/mol. The SMILES string of the molecule is CCn1nccc1CN1C[C@@H]2C[C@H](C1)c1ccc(CN3CCCCC3)c(=O)n1C2. The minimum absolute atomic E-state index is 0.264. The molecule has 156 valence electrons. The molecular weight excluding hydrogens is 362 g/mol. The minimum atomic E-state index is 0.264. The smallest absolute Gasteiger partial charge is 0.255 e. The molecular formula is C23H33N5O. The van der Waals surface area contributed by atoms with E-state index < -0.39 is 0 Å². The second kappa shape index (κ2) is 8.07. The number of pyridine rings is 1. The van der Waals surface area contributed by atoms with Gasteiger partial charge in [0.1, 0.15) is 0 Å². The van der Waals surface area contributed by atoms with Crippen molar-refractivity contribution in [2.75, 3.05) is 26.2 Å². The van der Waals surface area contributed by atoms with Crippen molar-refractivity contribution in [1.29, 1.82) is 0 Å². The van der Waals surface area contributed by atoms with E-state index in [1.807, 2.05) is 6.20 Å². The Morgan fingerprint density at radius 1 is 1.00 bits per heavy atom. The van der Waals surface area contributed by atoms with Crippen LogP contribution in [-0.4, -0.2) is 50.3 Å². The maximum atomic E-state index is 13.3. The summed E-state index contributed by atoms with van der Waals surface area (Å²) in [5.74, 6) is 1.04. The summed E-state index contributed by atoms with van der Waals surface area (Å²) in [5, 5.41) is 4.42. The lowest BCUT2D eigenvalue weighted by molar-refractivity contribution is 0.111. The first-order valence-corrected chi connectivity index (χ1v) is 11.4. The zero-order valence-electron chi connectivity index (χ0n) is 17.6. The highest BCUT2D eigenvalue weighted by molar-refractivity contribution is 5.22. The number of aryl methyl sites for hydroxylation is 1. The van der Waals surface area contributed by atoms with Gasteiger partial charge < -0.3 is 4.57 Å². The molecule has 0 N–H and O–H groups in total. The fraction of sp³-hybridized carbons (Fsp3) is 0.652. The first kappa shape index (κ1) is 19.1. The van der Waals surface area contributed by atoms with Crippen LogP contribution in [0.5, 0.6) is 0 Å². The van der Waals surface area contributed by atoms with E-state index in [4.69, 9.17) is 0 Å². The molecule has 3 aliphatic heterocycles. The lowest BCUT2D eigenvalue weighted by atomic mass is 9.83. The molecule has 0 radical (unpaired) electrons. The molecule has 0 spiro atoms. The van der Waals surface area contributed by atoms with E-state index in [1.54, 1.807) is 0 Å². The number of rotatable bonds is 5. The van der Waals surface area contributed by atoms with E-state index in [0.29, 0.717) is 11.8 Å². The van der Waals surface area contributed by atoms with Crippen molar-refractivity contribution in [3.63, 3.8) is 0 Å². The molecule has 2 atom stereocenters. The van der Waals surface area contributed by atoms with Crippen LogP contribution in [0.2, 0.25) is 0 Å². The zero-order chi connectivity index (χ0) is 19.8. The topological polar surface area (TPSA) is 46.3 Å². The van der Waals surface area contributed by atoms with Crippen LogP contribution >= 0.6 is 0 Å². The second-order valence-corrected chi connectivity index (χ2v) is 9.17. The van der Waals surface area contributed by atoms with Gasteiger partial charge in [-0.15, -0.1) is 0 Å². The Kier molecular flexibility index (Phi) is 5.31. The summed E-state index contributed by atoms with van der Waals surface area (Å²) in [6.45, 7) is 10.1. The van der Waals surface area contributed by atoms with Gasteiger partial charge >= 0.3 is 0 Å². The molecule has 6 heteroatoms. The molecule has 0 aromatic carbocycles. The Morgan fingerprint density at radius 3 is 2.69 bits per heavy atom. The molecule has 2 bridgehead atoms. The van der Waals surface area contributed by atoms with Crippen LogP contribution in [-0.2, 0) is 26.2 Å². The van der Waals surface area contributed by atoms with Gasteiger partial charge in [0.2, 0.25) is 0 Å². The van der Waals surface area contributed by atoms with Crippen LogP contribution in [0.3, 0.4) is 0 Å². The Morgan fingerprint density at radius 2 is 1.86 bits per heavy atom. The average molecular weight is 396 g/mol. The van der Waals surface area contributed by atoms with Gasteiger partial charge in [-0.3, -0.25) is 19.3 Å². The molecule has 0 unspecified atom stereocenters. The lowest BCUT2D eigenvalue weighted by Gasteiger charge is -2.43. The Hall–Kier alpha value is -1.92. The summed E-state index contributed by atoms with van der Waals surface area (Å²) in [5.41, 5.74) is 3.80. The number of piperidine rings is 2. The van der Waals surface area contributed by atoms with Crippen molar-refractivity contribution in [1.82, 2.24) is 24.1 Å². The van der Waals surface area contributed by atoms with E-state index in [-0.39, 0.29) is 5.56 Å². The molecule has 0 saturated carbocycles. The largest absolute Gasteiger partial charge is 0.312 e. The predicted molar refractivity (Wildman–Crippen MR) is 114 cm³/mol. The summed E-state index contributed by atoms with van der Waals surface area (Å²) in [7, 11) is 0. The quantitative estimate of drug-likeness (QED) is 0.781. The molecule has 5 rings (SSSR count). The van der Waals surface area contributed by atoms with Crippen LogP contribution in [0.1, 0.15) is 55.5 Å². The number of hydrogen-bond acceptors (Lipinski definition) is 4. The van der Waals surface area contributed by atoms with Gasteiger partial charge in [0, 0.05) is 62.6 Å². The van der Waals surface area contributed by atoms with Gasteiger partial charge in [0.25, 0.3) is 5.56 Å². The van der Waals surface area contributed by atoms with Crippen LogP contribution in [0.4, 0.5) is 0 Å². The molecule has 29 heavy (non-hydrogen) atoms. The zero-order valence-corrected chi connectivity index (χ0v) is 17.6. The molecule has 0 amide bonds. The summed E-state index contributed by atoms with van der Waals surface area (Å²) >= 11 is 0. The summed E-state index contributed by atoms with van der Waals surface area (Å²) in [4.78, 5) is 18.3. The van der Waals surface area contributed by atoms with Crippen molar-refractivity contribution >= 4 is 0 Å². The molecule has 0 aliphatic carbocycles. The van der Waals surface area contributed by atoms with Gasteiger partial charge in [-0.25, -0.2) is 0 Å². The van der Waals surface area contributed by atoms with Gasteiger partial charge in [-0.1, -0.05) is 12.5 Å². The maximum Gasteiger partial charge on any atom is 0.255 e. The molecule has 6 nitrogen and oxygen atoms in total. The normalized spacial score (nSPS) is 25.1. The van der Waals surface area contributed by atoms with Crippen molar-refractivity contribution in [3.05, 3.63) is 51.7 Å². The molecule has 2 aromatic rings. The van der Waals surface area contributed by atoms with Crippen molar-refractivity contribution in [2.24, 2.45) is 5.92 Å². The van der Waals surface area contributed by atoms with Crippen molar-refractivity contribution in [2.45, 2.75) is 64.7 Å². The third kappa shape index (κ3) is 3.80. The van der Waals surface area contributed by atoms with Crippen LogP contribution in [0.25, 0.3) is 0 Å². The first-order valence-electron chi connectivity index (χ1n) is 11.4. The maximum absolute atomic E-state index is 13.3. The van der Waals surface area contributed by atoms with Gasteiger partial charge in [0.05, 0.1) is 5.69 Å². The van der Waals surface area contributed by atoms with E-state index in [2.05, 4.69) is 49.3 Å². The Bertz CT molecular complexity index is 910. The Balaban J connectivity index is 1.33. The highest BCUT2D eigenvalue weighted by atomic mass is 16.1. The van der Waals surface area contributed by atoms with Crippen molar-refractivity contribution in [3.8, 4) is 0 Å². The number of nitrogens with zero attached hydrogens (tertiary/aromatic N) is 5. The van der Waals surface area contributed by atoms with Gasteiger partial charge in [-0.2, -0.15) is 5.10 Å². The van der Waals surface area contributed by atoms with E-state index in [1.165, 1.54) is 37.1 Å². The fourth-order valence-electron chi connectivity index (χ4n) is 5.71. The summed E-state index contributed by atoms with van der Waals surface area (Å²) in [6.07, 6.45) is 6.99. The van der Waals surface area contributed by atoms with E-state index >= 15 is 0 Å². The number of fused-ring (bicyclic) bond motifs is 4. The third-order valence-electron chi connectivity index (χ3n) is 7.09.